The lowest BCUT2D eigenvalue weighted by atomic mass is 10.1. The molecule has 0 saturated carbocycles. The number of rotatable bonds is 6. The molecule has 0 aromatic carbocycles. The van der Waals surface area contributed by atoms with Crippen LogP contribution in [-0.4, -0.2) is 67.6 Å². The lowest BCUT2D eigenvalue weighted by Gasteiger charge is -2.23. The average Bonchev–Trinajstić information content (AvgIpc) is 3.10. The second kappa shape index (κ2) is 10.3. The second-order valence-electron chi connectivity index (χ2n) is 6.59. The quantitative estimate of drug-likeness (QED) is 0.328. The van der Waals surface area contributed by atoms with Gasteiger partial charge >= 0.3 is 0 Å². The lowest BCUT2D eigenvalue weighted by molar-refractivity contribution is 0.450. The molecule has 26 heavy (non-hydrogen) atoms. The van der Waals surface area contributed by atoms with E-state index < -0.39 is 10.0 Å². The van der Waals surface area contributed by atoms with E-state index in [-0.39, 0.29) is 29.9 Å². The minimum absolute atomic E-state index is 0. The number of aliphatic imine (C=N–C) groups is 1. The normalized spacial score (nSPS) is 18.7. The topological polar surface area (TPSA) is 69.9 Å². The van der Waals surface area contributed by atoms with Crippen molar-refractivity contribution in [1.29, 1.82) is 0 Å². The molecule has 1 saturated heterocycles. The molecule has 1 aromatic heterocycles. The van der Waals surface area contributed by atoms with E-state index in [9.17, 15) is 8.42 Å². The van der Waals surface area contributed by atoms with Crippen molar-refractivity contribution in [2.24, 2.45) is 18.0 Å². The molecule has 0 spiro atoms. The van der Waals surface area contributed by atoms with Crippen molar-refractivity contribution in [2.75, 3.05) is 39.5 Å². The average molecular weight is 562 g/mol. The predicted octanol–water partition coefficient (Wildman–Crippen LogP) is 2.08. The Hall–Kier alpha value is -0.330. The Morgan fingerprint density at radius 3 is 2.69 bits per heavy atom. The molecule has 1 aliphatic rings. The third-order valence-corrected chi connectivity index (χ3v) is 6.09. The molecule has 1 aromatic rings. The number of hydrogen-bond acceptors (Lipinski definition) is 3. The maximum atomic E-state index is 11.6. The van der Waals surface area contributed by atoms with Gasteiger partial charge < -0.3 is 14.8 Å². The molecule has 1 aliphatic heterocycles. The molecule has 1 fully saturated rings. The molecular weight excluding hydrogens is 533 g/mol. The highest BCUT2D eigenvalue weighted by molar-refractivity contribution is 14.0. The van der Waals surface area contributed by atoms with Gasteiger partial charge in [0.1, 0.15) is 0 Å². The maximum absolute atomic E-state index is 11.6. The molecule has 0 amide bonds. The van der Waals surface area contributed by atoms with E-state index in [1.807, 2.05) is 27.2 Å². The van der Waals surface area contributed by atoms with E-state index >= 15 is 0 Å². The molecule has 2 heterocycles. The van der Waals surface area contributed by atoms with E-state index in [1.54, 1.807) is 4.31 Å². The fourth-order valence-electron chi connectivity index (χ4n) is 2.97. The molecule has 0 aliphatic carbocycles. The van der Waals surface area contributed by atoms with Crippen LogP contribution in [0.3, 0.4) is 0 Å². The zero-order valence-electron chi connectivity index (χ0n) is 15.8. The van der Waals surface area contributed by atoms with Crippen molar-refractivity contribution in [3.63, 3.8) is 0 Å². The summed E-state index contributed by atoms with van der Waals surface area (Å²) in [5.74, 6) is 1.12. The van der Waals surface area contributed by atoms with Crippen LogP contribution in [0.25, 0.3) is 0 Å². The van der Waals surface area contributed by atoms with E-state index in [0.717, 1.165) is 29.9 Å². The number of aryl methyl sites for hydroxylation is 1. The number of nitrogens with one attached hydrogen (secondary N) is 1. The molecule has 7 nitrogen and oxygen atoms in total. The fourth-order valence-corrected chi connectivity index (χ4v) is 4.46. The van der Waals surface area contributed by atoms with Crippen molar-refractivity contribution in [2.45, 2.75) is 19.9 Å². The van der Waals surface area contributed by atoms with Gasteiger partial charge in [0.25, 0.3) is 0 Å². The summed E-state index contributed by atoms with van der Waals surface area (Å²) in [6, 6.07) is 2.10. The van der Waals surface area contributed by atoms with E-state index in [1.165, 1.54) is 11.9 Å². The Kier molecular flexibility index (Phi) is 9.37. The van der Waals surface area contributed by atoms with Crippen LogP contribution in [0, 0.1) is 5.92 Å². The highest BCUT2D eigenvalue weighted by atomic mass is 127. The standard InChI is InChI=1S/C16H28BrN5O2S.HI/c1-5-18-16(21(3)12-15-8-14(17)11-20(15)2)19-9-13-6-7-22(10-13)25(4,23)24;/h8,11,13H,5-7,9-10,12H2,1-4H3,(H,18,19);1H. The smallest absolute Gasteiger partial charge is 0.211 e. The third kappa shape index (κ3) is 6.68. The van der Waals surface area contributed by atoms with Gasteiger partial charge in [-0.25, -0.2) is 12.7 Å². The van der Waals surface area contributed by atoms with Gasteiger partial charge in [0.2, 0.25) is 10.0 Å². The molecule has 150 valence electrons. The first-order valence-electron chi connectivity index (χ1n) is 8.46. The van der Waals surface area contributed by atoms with E-state index in [2.05, 4.69) is 36.8 Å². The van der Waals surface area contributed by atoms with Gasteiger partial charge in [0.05, 0.1) is 12.8 Å². The minimum atomic E-state index is -3.09. The van der Waals surface area contributed by atoms with Crippen molar-refractivity contribution < 1.29 is 8.42 Å². The first-order chi connectivity index (χ1) is 11.7. The number of sulfonamides is 1. The third-order valence-electron chi connectivity index (χ3n) is 4.39. The van der Waals surface area contributed by atoms with Gasteiger partial charge in [-0.3, -0.25) is 4.99 Å². The van der Waals surface area contributed by atoms with Gasteiger partial charge in [-0.05, 0) is 41.3 Å². The second-order valence-corrected chi connectivity index (χ2v) is 9.49. The Balaban J connectivity index is 0.00000338. The SMILES string of the molecule is CCNC(=NCC1CCN(S(C)(=O)=O)C1)N(C)Cc1cc(Br)cn1C.I. The van der Waals surface area contributed by atoms with Crippen molar-refractivity contribution in [3.05, 3.63) is 22.4 Å². The molecule has 0 bridgehead atoms. The lowest BCUT2D eigenvalue weighted by Crippen LogP contribution is -2.39. The largest absolute Gasteiger partial charge is 0.357 e. The summed E-state index contributed by atoms with van der Waals surface area (Å²) < 4.78 is 28.0. The Bertz CT molecular complexity index is 722. The van der Waals surface area contributed by atoms with Crippen LogP contribution in [0.2, 0.25) is 0 Å². The van der Waals surface area contributed by atoms with E-state index in [0.29, 0.717) is 19.6 Å². The van der Waals surface area contributed by atoms with Crippen LogP contribution >= 0.6 is 39.9 Å². The number of nitrogens with zero attached hydrogens (tertiary/aromatic N) is 4. The van der Waals surface area contributed by atoms with Gasteiger partial charge in [-0.2, -0.15) is 0 Å². The number of aromatic nitrogens is 1. The van der Waals surface area contributed by atoms with Gasteiger partial charge in [0.15, 0.2) is 5.96 Å². The summed E-state index contributed by atoms with van der Waals surface area (Å²) >= 11 is 3.50. The molecular formula is C16H29BrIN5O2S. The fraction of sp³-hybridized carbons (Fsp3) is 0.688. The Labute approximate surface area is 182 Å². The first-order valence-corrected chi connectivity index (χ1v) is 11.1. The van der Waals surface area contributed by atoms with Crippen molar-refractivity contribution in [3.8, 4) is 0 Å². The van der Waals surface area contributed by atoms with Crippen LogP contribution in [0.15, 0.2) is 21.7 Å². The zero-order valence-corrected chi connectivity index (χ0v) is 20.5. The minimum Gasteiger partial charge on any atom is -0.357 e. The van der Waals surface area contributed by atoms with Crippen molar-refractivity contribution >= 4 is 55.9 Å². The van der Waals surface area contributed by atoms with Gasteiger partial charge in [-0.1, -0.05) is 0 Å². The predicted molar refractivity (Wildman–Crippen MR) is 120 cm³/mol. The van der Waals surface area contributed by atoms with Crippen LogP contribution in [0.4, 0.5) is 0 Å². The number of guanidine groups is 1. The number of halogens is 2. The van der Waals surface area contributed by atoms with Gasteiger partial charge in [0, 0.05) is 56.6 Å². The number of hydrogen-bond donors (Lipinski definition) is 1. The maximum Gasteiger partial charge on any atom is 0.211 e. The molecule has 1 N–H and O–H groups in total. The highest BCUT2D eigenvalue weighted by Crippen LogP contribution is 2.19. The molecule has 0 radical (unpaired) electrons. The molecule has 10 heteroatoms. The summed E-state index contributed by atoms with van der Waals surface area (Å²) in [5, 5.41) is 3.32. The van der Waals surface area contributed by atoms with Crippen molar-refractivity contribution in [1.82, 2.24) is 19.1 Å². The van der Waals surface area contributed by atoms with Crippen LogP contribution in [0.1, 0.15) is 19.0 Å². The summed E-state index contributed by atoms with van der Waals surface area (Å²) in [7, 11) is 0.946. The van der Waals surface area contributed by atoms with Gasteiger partial charge in [-0.15, -0.1) is 24.0 Å². The molecule has 1 unspecified atom stereocenters. The van der Waals surface area contributed by atoms with Crippen LogP contribution < -0.4 is 5.32 Å². The zero-order chi connectivity index (χ0) is 18.6. The summed E-state index contributed by atoms with van der Waals surface area (Å²) in [6.45, 7) is 5.38. The Morgan fingerprint density at radius 2 is 2.19 bits per heavy atom. The van der Waals surface area contributed by atoms with Crippen LogP contribution in [-0.2, 0) is 23.6 Å². The summed E-state index contributed by atoms with van der Waals surface area (Å²) in [6.07, 6.45) is 4.17. The van der Waals surface area contributed by atoms with Crippen LogP contribution in [0.5, 0.6) is 0 Å². The first kappa shape index (κ1) is 23.7. The molecule has 1 atom stereocenters. The highest BCUT2D eigenvalue weighted by Gasteiger charge is 2.28. The Morgan fingerprint density at radius 1 is 1.50 bits per heavy atom. The van der Waals surface area contributed by atoms with E-state index in [4.69, 9.17) is 4.99 Å². The monoisotopic (exact) mass is 561 g/mol. The summed E-state index contributed by atoms with van der Waals surface area (Å²) in [4.78, 5) is 6.83. The molecule has 2 rings (SSSR count). The summed E-state index contributed by atoms with van der Waals surface area (Å²) in [5.41, 5.74) is 1.18.